The molecule has 1 rings (SSSR count). The number of benzene rings is 1. The zero-order chi connectivity index (χ0) is 14.4. The monoisotopic (exact) mass is 265 g/mol. The lowest BCUT2D eigenvalue weighted by atomic mass is 10.1. The van der Waals surface area contributed by atoms with Gasteiger partial charge in [-0.05, 0) is 25.8 Å². The minimum absolute atomic E-state index is 0.0347. The first-order valence-corrected chi connectivity index (χ1v) is 6.26. The van der Waals surface area contributed by atoms with Crippen LogP contribution in [0.15, 0.2) is 18.2 Å². The normalized spacial score (nSPS) is 11.9. The molecule has 0 aliphatic rings. The largest absolute Gasteiger partial charge is 0.328 e. The molecule has 1 aromatic rings. The van der Waals surface area contributed by atoms with Crippen LogP contribution in [0.5, 0.6) is 0 Å². The molecule has 0 aliphatic heterocycles. The molecule has 19 heavy (non-hydrogen) atoms. The van der Waals surface area contributed by atoms with Gasteiger partial charge in [0.25, 0.3) is 5.69 Å². The van der Waals surface area contributed by atoms with Crippen molar-refractivity contribution < 1.29 is 9.72 Å². The van der Waals surface area contributed by atoms with E-state index in [-0.39, 0.29) is 17.6 Å². The Balaban J connectivity index is 2.77. The summed E-state index contributed by atoms with van der Waals surface area (Å²) in [6.45, 7) is 3.68. The molecule has 0 fully saturated rings. The summed E-state index contributed by atoms with van der Waals surface area (Å²) in [5.74, 6) is -0.184. The molecule has 0 spiro atoms. The smallest absolute Gasteiger partial charge is 0.274 e. The second-order valence-electron chi connectivity index (χ2n) is 4.52. The third kappa shape index (κ3) is 4.67. The Hall–Kier alpha value is -1.95. The zero-order valence-corrected chi connectivity index (χ0v) is 11.2. The van der Waals surface area contributed by atoms with Crippen molar-refractivity contribution in [2.45, 2.75) is 39.2 Å². The third-order valence-electron chi connectivity index (χ3n) is 2.77. The first kappa shape index (κ1) is 15.1. The fraction of sp³-hybridized carbons (Fsp3) is 0.462. The van der Waals surface area contributed by atoms with E-state index in [0.29, 0.717) is 30.5 Å². The second-order valence-corrected chi connectivity index (χ2v) is 4.52. The minimum atomic E-state index is -0.434. The molecule has 1 unspecified atom stereocenters. The number of nitro groups is 1. The maximum absolute atomic E-state index is 11.6. The highest BCUT2D eigenvalue weighted by molar-refractivity contribution is 5.91. The summed E-state index contributed by atoms with van der Waals surface area (Å²) in [4.78, 5) is 22.1. The topological polar surface area (TPSA) is 98.3 Å². The van der Waals surface area contributed by atoms with Crippen LogP contribution in [-0.2, 0) is 11.2 Å². The number of hydrogen-bond acceptors (Lipinski definition) is 4. The molecule has 0 aromatic heterocycles. The number of hydrogen-bond donors (Lipinski definition) is 2. The highest BCUT2D eigenvalue weighted by atomic mass is 16.6. The molecular formula is C13H19N3O3. The van der Waals surface area contributed by atoms with Crippen molar-refractivity contribution in [2.75, 3.05) is 5.32 Å². The van der Waals surface area contributed by atoms with Gasteiger partial charge in [0.2, 0.25) is 5.91 Å². The maximum Gasteiger partial charge on any atom is 0.274 e. The molecule has 1 amide bonds. The predicted octanol–water partition coefficient (Wildman–Crippen LogP) is 2.22. The highest BCUT2D eigenvalue weighted by Crippen LogP contribution is 2.23. The van der Waals surface area contributed by atoms with E-state index in [4.69, 9.17) is 5.73 Å². The van der Waals surface area contributed by atoms with E-state index in [0.717, 1.165) is 0 Å². The molecule has 0 radical (unpaired) electrons. The van der Waals surface area contributed by atoms with Gasteiger partial charge in [-0.25, -0.2) is 0 Å². The van der Waals surface area contributed by atoms with Crippen molar-refractivity contribution in [3.05, 3.63) is 33.9 Å². The average molecular weight is 265 g/mol. The second kappa shape index (κ2) is 6.84. The van der Waals surface area contributed by atoms with Gasteiger partial charge in [-0.1, -0.05) is 13.0 Å². The van der Waals surface area contributed by atoms with Crippen LogP contribution in [0.25, 0.3) is 0 Å². The molecule has 6 nitrogen and oxygen atoms in total. The van der Waals surface area contributed by atoms with Crippen LogP contribution < -0.4 is 11.1 Å². The van der Waals surface area contributed by atoms with Crippen molar-refractivity contribution in [3.8, 4) is 0 Å². The molecule has 0 aliphatic carbocycles. The SMILES string of the molecule is CCc1ccc(NC(=O)CCC(C)N)cc1[N+](=O)[O-]. The van der Waals surface area contributed by atoms with Crippen LogP contribution in [0.4, 0.5) is 11.4 Å². The maximum atomic E-state index is 11.6. The molecular weight excluding hydrogens is 246 g/mol. The number of aryl methyl sites for hydroxylation is 1. The first-order chi connectivity index (χ1) is 8.93. The summed E-state index contributed by atoms with van der Waals surface area (Å²) >= 11 is 0. The van der Waals surface area contributed by atoms with Crippen LogP contribution in [0.1, 0.15) is 32.3 Å². The highest BCUT2D eigenvalue weighted by Gasteiger charge is 2.14. The molecule has 1 aromatic carbocycles. The number of nitrogens with one attached hydrogen (secondary N) is 1. The molecule has 0 heterocycles. The average Bonchev–Trinajstić information content (AvgIpc) is 2.36. The van der Waals surface area contributed by atoms with E-state index in [1.165, 1.54) is 6.07 Å². The number of anilines is 1. The Morgan fingerprint density at radius 3 is 2.74 bits per heavy atom. The Bertz CT molecular complexity index is 472. The Kier molecular flexibility index (Phi) is 5.44. The van der Waals surface area contributed by atoms with E-state index in [9.17, 15) is 14.9 Å². The quantitative estimate of drug-likeness (QED) is 0.608. The summed E-state index contributed by atoms with van der Waals surface area (Å²) in [6.07, 6.45) is 1.47. The van der Waals surface area contributed by atoms with Gasteiger partial charge in [-0.15, -0.1) is 0 Å². The van der Waals surface area contributed by atoms with Crippen LogP contribution in [0.3, 0.4) is 0 Å². The van der Waals surface area contributed by atoms with Gasteiger partial charge in [-0.2, -0.15) is 0 Å². The van der Waals surface area contributed by atoms with Gasteiger partial charge in [0, 0.05) is 29.8 Å². The van der Waals surface area contributed by atoms with E-state index in [2.05, 4.69) is 5.32 Å². The molecule has 0 saturated heterocycles. The van der Waals surface area contributed by atoms with Crippen LogP contribution in [0.2, 0.25) is 0 Å². The number of nitrogens with zero attached hydrogens (tertiary/aromatic N) is 1. The van der Waals surface area contributed by atoms with Gasteiger partial charge < -0.3 is 11.1 Å². The van der Waals surface area contributed by atoms with E-state index in [1.54, 1.807) is 12.1 Å². The molecule has 1 atom stereocenters. The summed E-state index contributed by atoms with van der Waals surface area (Å²) in [7, 11) is 0. The number of nitrogens with two attached hydrogens (primary N) is 1. The molecule has 0 saturated carbocycles. The fourth-order valence-electron chi connectivity index (χ4n) is 1.69. The first-order valence-electron chi connectivity index (χ1n) is 6.26. The lowest BCUT2D eigenvalue weighted by molar-refractivity contribution is -0.385. The van der Waals surface area contributed by atoms with Crippen molar-refractivity contribution in [2.24, 2.45) is 5.73 Å². The Morgan fingerprint density at radius 2 is 2.21 bits per heavy atom. The van der Waals surface area contributed by atoms with Crippen molar-refractivity contribution in [3.63, 3.8) is 0 Å². The standard InChI is InChI=1S/C13H19N3O3/c1-3-10-5-6-11(8-12(10)16(18)19)15-13(17)7-4-9(2)14/h5-6,8-9H,3-4,7,14H2,1-2H3,(H,15,17). The number of nitro benzene ring substituents is 1. The molecule has 0 bridgehead atoms. The molecule has 104 valence electrons. The van der Waals surface area contributed by atoms with Gasteiger partial charge in [0.1, 0.15) is 0 Å². The Labute approximate surface area is 112 Å². The lowest BCUT2D eigenvalue weighted by Gasteiger charge is -2.08. The summed E-state index contributed by atoms with van der Waals surface area (Å²) in [6, 6.07) is 4.69. The summed E-state index contributed by atoms with van der Waals surface area (Å²) in [5, 5.41) is 13.6. The fourth-order valence-corrected chi connectivity index (χ4v) is 1.69. The molecule has 3 N–H and O–H groups in total. The lowest BCUT2D eigenvalue weighted by Crippen LogP contribution is -2.19. The van der Waals surface area contributed by atoms with Crippen LogP contribution in [-0.4, -0.2) is 16.9 Å². The van der Waals surface area contributed by atoms with Gasteiger partial charge in [0.05, 0.1) is 4.92 Å². The molecule has 6 heteroatoms. The van der Waals surface area contributed by atoms with Gasteiger partial charge in [-0.3, -0.25) is 14.9 Å². The number of rotatable bonds is 6. The van der Waals surface area contributed by atoms with Crippen molar-refractivity contribution in [1.82, 2.24) is 0 Å². The summed E-state index contributed by atoms with van der Waals surface area (Å²) in [5.41, 5.74) is 6.70. The number of amides is 1. The number of carbonyl (C=O) groups excluding carboxylic acids is 1. The van der Waals surface area contributed by atoms with Gasteiger partial charge in [0.15, 0.2) is 0 Å². The zero-order valence-electron chi connectivity index (χ0n) is 11.2. The van der Waals surface area contributed by atoms with Gasteiger partial charge >= 0.3 is 0 Å². The number of carbonyl (C=O) groups is 1. The van der Waals surface area contributed by atoms with E-state index < -0.39 is 4.92 Å². The van der Waals surface area contributed by atoms with Crippen molar-refractivity contribution >= 4 is 17.3 Å². The Morgan fingerprint density at radius 1 is 1.53 bits per heavy atom. The van der Waals surface area contributed by atoms with Crippen LogP contribution >= 0.6 is 0 Å². The van der Waals surface area contributed by atoms with Crippen molar-refractivity contribution in [1.29, 1.82) is 0 Å². The summed E-state index contributed by atoms with van der Waals surface area (Å²) < 4.78 is 0. The third-order valence-corrected chi connectivity index (χ3v) is 2.77. The predicted molar refractivity (Wildman–Crippen MR) is 74.0 cm³/mol. The van der Waals surface area contributed by atoms with Crippen LogP contribution in [0, 0.1) is 10.1 Å². The van der Waals surface area contributed by atoms with E-state index >= 15 is 0 Å². The van der Waals surface area contributed by atoms with E-state index in [1.807, 2.05) is 13.8 Å². The minimum Gasteiger partial charge on any atom is -0.328 e.